The van der Waals surface area contributed by atoms with E-state index < -0.39 is 4.92 Å². The number of rotatable bonds is 3. The molecule has 0 amide bonds. The van der Waals surface area contributed by atoms with E-state index in [0.29, 0.717) is 0 Å². The molecule has 76 valence electrons. The number of nitrogens with one attached hydrogen (secondary N) is 1. The molecule has 1 heterocycles. The van der Waals surface area contributed by atoms with Crippen LogP contribution in [0.4, 0.5) is 5.69 Å². The zero-order valence-corrected chi connectivity index (χ0v) is 8.53. The van der Waals surface area contributed by atoms with Crippen molar-refractivity contribution in [2.75, 3.05) is 0 Å². The Labute approximate surface area is 90.5 Å². The van der Waals surface area contributed by atoms with Crippen molar-refractivity contribution in [1.82, 2.24) is 4.98 Å². The third kappa shape index (κ3) is 2.38. The van der Waals surface area contributed by atoms with Crippen LogP contribution in [0.1, 0.15) is 0 Å². The van der Waals surface area contributed by atoms with E-state index in [0.717, 1.165) is 9.79 Å². The molecular weight excluding hydrogens is 212 g/mol. The highest BCUT2D eigenvalue weighted by molar-refractivity contribution is 7.99. The number of non-ortho nitro benzene ring substituents is 1. The SMILES string of the molecule is O=[N+]([O-])c1ccc(Sc2cc[nH]c2)cc1. The lowest BCUT2D eigenvalue weighted by atomic mass is 10.3. The van der Waals surface area contributed by atoms with Crippen LogP contribution in [-0.2, 0) is 0 Å². The predicted octanol–water partition coefficient (Wildman–Crippen LogP) is 3.07. The number of aromatic amines is 1. The average molecular weight is 220 g/mol. The molecule has 0 aliphatic heterocycles. The number of nitro groups is 1. The van der Waals surface area contributed by atoms with Crippen molar-refractivity contribution in [3.05, 3.63) is 52.8 Å². The molecule has 0 radical (unpaired) electrons. The Bertz CT molecular complexity index is 451. The molecule has 0 aliphatic carbocycles. The number of benzene rings is 1. The van der Waals surface area contributed by atoms with E-state index in [2.05, 4.69) is 4.98 Å². The highest BCUT2D eigenvalue weighted by Gasteiger charge is 2.04. The zero-order chi connectivity index (χ0) is 10.7. The first-order valence-electron chi connectivity index (χ1n) is 4.31. The molecule has 15 heavy (non-hydrogen) atoms. The minimum atomic E-state index is -0.398. The molecule has 1 N–H and O–H groups in total. The van der Waals surface area contributed by atoms with Gasteiger partial charge in [0, 0.05) is 34.3 Å². The van der Waals surface area contributed by atoms with Crippen LogP contribution in [-0.4, -0.2) is 9.91 Å². The molecular formula is C10H8N2O2S. The van der Waals surface area contributed by atoms with Gasteiger partial charge < -0.3 is 4.98 Å². The Hall–Kier alpha value is -1.75. The van der Waals surface area contributed by atoms with Crippen molar-refractivity contribution in [1.29, 1.82) is 0 Å². The Morgan fingerprint density at radius 2 is 1.87 bits per heavy atom. The molecule has 1 aromatic carbocycles. The van der Waals surface area contributed by atoms with Gasteiger partial charge >= 0.3 is 0 Å². The fraction of sp³-hybridized carbons (Fsp3) is 0. The Balaban J connectivity index is 2.14. The van der Waals surface area contributed by atoms with E-state index >= 15 is 0 Å². The molecule has 1 aromatic heterocycles. The van der Waals surface area contributed by atoms with Crippen LogP contribution in [0.2, 0.25) is 0 Å². The summed E-state index contributed by atoms with van der Waals surface area (Å²) in [6, 6.07) is 8.46. The quantitative estimate of drug-likeness (QED) is 0.638. The van der Waals surface area contributed by atoms with Gasteiger partial charge in [0.2, 0.25) is 0 Å². The van der Waals surface area contributed by atoms with Crippen molar-refractivity contribution >= 4 is 17.4 Å². The molecule has 0 fully saturated rings. The van der Waals surface area contributed by atoms with Gasteiger partial charge in [-0.15, -0.1) is 0 Å². The number of hydrogen-bond donors (Lipinski definition) is 1. The lowest BCUT2D eigenvalue weighted by Crippen LogP contribution is -1.86. The average Bonchev–Trinajstić information content (AvgIpc) is 2.71. The van der Waals surface area contributed by atoms with Crippen LogP contribution in [0.3, 0.4) is 0 Å². The molecule has 0 saturated heterocycles. The van der Waals surface area contributed by atoms with Crippen LogP contribution in [0.15, 0.2) is 52.5 Å². The fourth-order valence-corrected chi connectivity index (χ4v) is 1.95. The normalized spacial score (nSPS) is 10.1. The van der Waals surface area contributed by atoms with Gasteiger partial charge in [0.25, 0.3) is 5.69 Å². The Morgan fingerprint density at radius 1 is 1.13 bits per heavy atom. The monoisotopic (exact) mass is 220 g/mol. The summed E-state index contributed by atoms with van der Waals surface area (Å²) in [6.45, 7) is 0. The van der Waals surface area contributed by atoms with E-state index in [9.17, 15) is 10.1 Å². The molecule has 0 spiro atoms. The maximum atomic E-state index is 10.4. The van der Waals surface area contributed by atoms with Crippen LogP contribution < -0.4 is 0 Å². The second-order valence-corrected chi connectivity index (χ2v) is 4.05. The van der Waals surface area contributed by atoms with Crippen molar-refractivity contribution in [3.8, 4) is 0 Å². The summed E-state index contributed by atoms with van der Waals surface area (Å²) in [5.41, 5.74) is 0.119. The van der Waals surface area contributed by atoms with Crippen LogP contribution in [0, 0.1) is 10.1 Å². The van der Waals surface area contributed by atoms with Crippen molar-refractivity contribution in [3.63, 3.8) is 0 Å². The minimum Gasteiger partial charge on any atom is -0.367 e. The first kappa shape index (κ1) is 9.79. The third-order valence-corrected chi connectivity index (χ3v) is 2.85. The number of aromatic nitrogens is 1. The lowest BCUT2D eigenvalue weighted by molar-refractivity contribution is -0.384. The van der Waals surface area contributed by atoms with Gasteiger partial charge in [0.05, 0.1) is 4.92 Å². The topological polar surface area (TPSA) is 58.9 Å². The van der Waals surface area contributed by atoms with Crippen molar-refractivity contribution in [2.45, 2.75) is 9.79 Å². The van der Waals surface area contributed by atoms with Gasteiger partial charge in [-0.3, -0.25) is 10.1 Å². The number of nitro benzene ring substituents is 1. The summed E-state index contributed by atoms with van der Waals surface area (Å²) in [4.78, 5) is 15.0. The largest absolute Gasteiger partial charge is 0.367 e. The second-order valence-electron chi connectivity index (χ2n) is 2.90. The zero-order valence-electron chi connectivity index (χ0n) is 7.71. The van der Waals surface area contributed by atoms with Gasteiger partial charge in [0.1, 0.15) is 0 Å². The van der Waals surface area contributed by atoms with Gasteiger partial charge in [-0.2, -0.15) is 0 Å². The summed E-state index contributed by atoms with van der Waals surface area (Å²) in [5, 5.41) is 10.4. The molecule has 2 rings (SSSR count). The molecule has 2 aromatic rings. The molecule has 0 atom stereocenters. The summed E-state index contributed by atoms with van der Waals surface area (Å²) in [7, 11) is 0. The van der Waals surface area contributed by atoms with Gasteiger partial charge in [-0.25, -0.2) is 0 Å². The van der Waals surface area contributed by atoms with Gasteiger partial charge in [-0.05, 0) is 18.2 Å². The summed E-state index contributed by atoms with van der Waals surface area (Å²) in [6.07, 6.45) is 3.72. The van der Waals surface area contributed by atoms with Crippen molar-refractivity contribution < 1.29 is 4.92 Å². The molecule has 0 aliphatic rings. The highest BCUT2D eigenvalue weighted by Crippen LogP contribution is 2.28. The lowest BCUT2D eigenvalue weighted by Gasteiger charge is -1.97. The van der Waals surface area contributed by atoms with E-state index in [1.807, 2.05) is 18.5 Å². The predicted molar refractivity (Wildman–Crippen MR) is 58.0 cm³/mol. The van der Waals surface area contributed by atoms with Crippen molar-refractivity contribution in [2.24, 2.45) is 0 Å². The Morgan fingerprint density at radius 3 is 2.40 bits per heavy atom. The molecule has 0 bridgehead atoms. The standard InChI is InChI=1S/C10H8N2O2S/c13-12(14)8-1-3-9(4-2-8)15-10-5-6-11-7-10/h1-7,11H. The maximum Gasteiger partial charge on any atom is 0.269 e. The van der Waals surface area contributed by atoms with E-state index in [4.69, 9.17) is 0 Å². The number of nitrogens with zero attached hydrogens (tertiary/aromatic N) is 1. The number of hydrogen-bond acceptors (Lipinski definition) is 3. The number of H-pyrrole nitrogens is 1. The van der Waals surface area contributed by atoms with Crippen LogP contribution in [0.25, 0.3) is 0 Å². The third-order valence-electron chi connectivity index (χ3n) is 1.85. The summed E-state index contributed by atoms with van der Waals surface area (Å²) < 4.78 is 0. The van der Waals surface area contributed by atoms with Gasteiger partial charge in [-0.1, -0.05) is 11.8 Å². The van der Waals surface area contributed by atoms with E-state index in [1.165, 1.54) is 12.1 Å². The smallest absolute Gasteiger partial charge is 0.269 e. The molecule has 4 nitrogen and oxygen atoms in total. The fourth-order valence-electron chi connectivity index (χ4n) is 1.14. The van der Waals surface area contributed by atoms with E-state index in [-0.39, 0.29) is 5.69 Å². The first-order chi connectivity index (χ1) is 7.25. The van der Waals surface area contributed by atoms with Crippen LogP contribution in [0.5, 0.6) is 0 Å². The summed E-state index contributed by atoms with van der Waals surface area (Å²) in [5.74, 6) is 0. The molecule has 5 heteroatoms. The van der Waals surface area contributed by atoms with Gasteiger partial charge in [0.15, 0.2) is 0 Å². The van der Waals surface area contributed by atoms with Crippen LogP contribution >= 0.6 is 11.8 Å². The van der Waals surface area contributed by atoms with E-state index in [1.54, 1.807) is 23.9 Å². The summed E-state index contributed by atoms with van der Waals surface area (Å²) >= 11 is 1.56. The maximum absolute atomic E-state index is 10.4. The second kappa shape index (κ2) is 4.18. The molecule has 0 unspecified atom stereocenters. The highest BCUT2D eigenvalue weighted by atomic mass is 32.2. The Kier molecular flexibility index (Phi) is 2.73. The molecule has 0 saturated carbocycles. The first-order valence-corrected chi connectivity index (χ1v) is 5.12. The minimum absolute atomic E-state index is 0.119.